The van der Waals surface area contributed by atoms with Crippen LogP contribution in [0.4, 0.5) is 0 Å². The number of halogens is 1. The van der Waals surface area contributed by atoms with E-state index in [1.807, 2.05) is 6.92 Å². The van der Waals surface area contributed by atoms with E-state index in [1.54, 1.807) is 12.1 Å². The van der Waals surface area contributed by atoms with E-state index in [0.29, 0.717) is 9.21 Å². The Morgan fingerprint density at radius 1 is 1.69 bits per heavy atom. The van der Waals surface area contributed by atoms with Crippen LogP contribution < -0.4 is 5.32 Å². The Labute approximate surface area is 104 Å². The van der Waals surface area contributed by atoms with Crippen molar-refractivity contribution in [3.63, 3.8) is 0 Å². The third-order valence-corrected chi connectivity index (χ3v) is 3.91. The predicted octanol–water partition coefficient (Wildman–Crippen LogP) is 2.70. The van der Waals surface area contributed by atoms with Gasteiger partial charge in [0.1, 0.15) is 0 Å². The Morgan fingerprint density at radius 2 is 2.50 bits per heavy atom. The van der Waals surface area contributed by atoms with Gasteiger partial charge in [-0.15, -0.1) is 11.3 Å². The summed E-state index contributed by atoms with van der Waals surface area (Å²) in [6.07, 6.45) is 2.25. The van der Waals surface area contributed by atoms with Crippen molar-refractivity contribution in [1.29, 1.82) is 0 Å². The first-order valence-corrected chi connectivity index (χ1v) is 6.54. The molecule has 1 N–H and O–H groups in total. The molecular formula is C11H14ClNO2S. The number of thiophene rings is 1. The van der Waals surface area contributed by atoms with E-state index < -0.39 is 0 Å². The number of hydrogen-bond acceptors (Lipinski definition) is 3. The van der Waals surface area contributed by atoms with Gasteiger partial charge in [-0.1, -0.05) is 11.6 Å². The summed E-state index contributed by atoms with van der Waals surface area (Å²) >= 11 is 7.07. The van der Waals surface area contributed by atoms with Gasteiger partial charge in [0.2, 0.25) is 0 Å². The van der Waals surface area contributed by atoms with Crippen molar-refractivity contribution in [2.24, 2.45) is 0 Å². The summed E-state index contributed by atoms with van der Waals surface area (Å²) in [5.74, 6) is -0.0695. The fourth-order valence-corrected chi connectivity index (χ4v) is 2.75. The van der Waals surface area contributed by atoms with Gasteiger partial charge in [-0.3, -0.25) is 4.79 Å². The van der Waals surface area contributed by atoms with Gasteiger partial charge in [-0.25, -0.2) is 0 Å². The highest BCUT2D eigenvalue weighted by Crippen LogP contribution is 2.22. The molecule has 16 heavy (non-hydrogen) atoms. The highest BCUT2D eigenvalue weighted by molar-refractivity contribution is 7.17. The lowest BCUT2D eigenvalue weighted by Crippen LogP contribution is -2.40. The van der Waals surface area contributed by atoms with Gasteiger partial charge < -0.3 is 10.1 Å². The zero-order valence-electron chi connectivity index (χ0n) is 9.03. The van der Waals surface area contributed by atoms with Crippen molar-refractivity contribution < 1.29 is 9.53 Å². The zero-order valence-corrected chi connectivity index (χ0v) is 10.6. The van der Waals surface area contributed by atoms with Crippen LogP contribution in [0, 0.1) is 0 Å². The van der Waals surface area contributed by atoms with E-state index in [4.69, 9.17) is 16.3 Å². The summed E-state index contributed by atoms with van der Waals surface area (Å²) in [6, 6.07) is 3.53. The van der Waals surface area contributed by atoms with Crippen LogP contribution >= 0.6 is 22.9 Å². The molecule has 3 nitrogen and oxygen atoms in total. The predicted molar refractivity (Wildman–Crippen MR) is 65.2 cm³/mol. The molecule has 2 heterocycles. The van der Waals surface area contributed by atoms with Gasteiger partial charge in [0.15, 0.2) is 0 Å². The molecule has 1 amide bonds. The van der Waals surface area contributed by atoms with Crippen LogP contribution in [0.1, 0.15) is 29.4 Å². The molecule has 0 unspecified atom stereocenters. The molecular weight excluding hydrogens is 246 g/mol. The number of amides is 1. The van der Waals surface area contributed by atoms with Crippen molar-refractivity contribution >= 4 is 28.8 Å². The Balaban J connectivity index is 1.91. The summed E-state index contributed by atoms with van der Waals surface area (Å²) in [5, 5.41) is 2.94. The van der Waals surface area contributed by atoms with E-state index in [9.17, 15) is 4.79 Å². The first-order chi connectivity index (χ1) is 7.66. The van der Waals surface area contributed by atoms with Gasteiger partial charge in [0, 0.05) is 6.61 Å². The Hall–Kier alpha value is -0.580. The van der Waals surface area contributed by atoms with Crippen LogP contribution in [0.25, 0.3) is 0 Å². The van der Waals surface area contributed by atoms with Crippen molar-refractivity contribution in [3.05, 3.63) is 21.3 Å². The SMILES string of the molecule is C[C@@H](NC(=O)c1ccc(Cl)s1)[C@H]1CCCO1. The van der Waals surface area contributed by atoms with E-state index in [1.165, 1.54) is 11.3 Å². The minimum absolute atomic E-state index is 0.0517. The minimum atomic E-state index is -0.0695. The van der Waals surface area contributed by atoms with Crippen molar-refractivity contribution in [3.8, 4) is 0 Å². The normalized spacial score (nSPS) is 22.0. The van der Waals surface area contributed by atoms with Crippen molar-refractivity contribution in [2.45, 2.75) is 31.9 Å². The second-order valence-electron chi connectivity index (χ2n) is 3.92. The lowest BCUT2D eigenvalue weighted by Gasteiger charge is -2.19. The molecule has 1 aliphatic rings. The van der Waals surface area contributed by atoms with Crippen LogP contribution in [0.3, 0.4) is 0 Å². The van der Waals surface area contributed by atoms with Crippen molar-refractivity contribution in [1.82, 2.24) is 5.32 Å². The Bertz CT molecular complexity index is 374. The number of carbonyl (C=O) groups excluding carboxylic acids is 1. The third-order valence-electron chi connectivity index (χ3n) is 2.68. The fourth-order valence-electron chi connectivity index (χ4n) is 1.80. The standard InChI is InChI=1S/C11H14ClNO2S/c1-7(8-3-2-6-15-8)13-11(14)9-4-5-10(12)16-9/h4-5,7-8H,2-3,6H2,1H3,(H,13,14)/t7-,8-/m1/s1. The average molecular weight is 260 g/mol. The van der Waals surface area contributed by atoms with E-state index >= 15 is 0 Å². The van der Waals surface area contributed by atoms with Crippen LogP contribution in [0.2, 0.25) is 4.34 Å². The number of carbonyl (C=O) groups is 1. The Morgan fingerprint density at radius 3 is 3.06 bits per heavy atom. The second kappa shape index (κ2) is 5.17. The maximum Gasteiger partial charge on any atom is 0.261 e. The summed E-state index contributed by atoms with van der Waals surface area (Å²) < 4.78 is 6.15. The molecule has 1 aromatic heterocycles. The van der Waals surface area contributed by atoms with Gasteiger partial charge in [-0.05, 0) is 31.9 Å². The molecule has 1 aliphatic heterocycles. The van der Waals surface area contributed by atoms with Gasteiger partial charge >= 0.3 is 0 Å². The monoisotopic (exact) mass is 259 g/mol. The Kier molecular flexibility index (Phi) is 3.84. The molecule has 0 aliphatic carbocycles. The van der Waals surface area contributed by atoms with E-state index in [2.05, 4.69) is 5.32 Å². The summed E-state index contributed by atoms with van der Waals surface area (Å²) in [7, 11) is 0. The average Bonchev–Trinajstić information content (AvgIpc) is 2.87. The van der Waals surface area contributed by atoms with Crippen LogP contribution in [0.15, 0.2) is 12.1 Å². The van der Waals surface area contributed by atoms with Gasteiger partial charge in [-0.2, -0.15) is 0 Å². The number of ether oxygens (including phenoxy) is 1. The van der Waals surface area contributed by atoms with Gasteiger partial charge in [0.25, 0.3) is 5.91 Å². The first-order valence-electron chi connectivity index (χ1n) is 5.34. The van der Waals surface area contributed by atoms with Gasteiger partial charge in [0.05, 0.1) is 21.4 Å². The molecule has 88 valence electrons. The third kappa shape index (κ3) is 2.75. The molecule has 5 heteroatoms. The quantitative estimate of drug-likeness (QED) is 0.906. The highest BCUT2D eigenvalue weighted by Gasteiger charge is 2.24. The molecule has 0 bridgehead atoms. The molecule has 1 saturated heterocycles. The lowest BCUT2D eigenvalue weighted by atomic mass is 10.1. The van der Waals surface area contributed by atoms with Crippen molar-refractivity contribution in [2.75, 3.05) is 6.61 Å². The van der Waals surface area contributed by atoms with Crippen LogP contribution in [0.5, 0.6) is 0 Å². The van der Waals surface area contributed by atoms with Crippen LogP contribution in [-0.4, -0.2) is 24.7 Å². The molecule has 0 spiro atoms. The molecule has 1 aromatic rings. The smallest absolute Gasteiger partial charge is 0.261 e. The van der Waals surface area contributed by atoms with E-state index in [0.717, 1.165) is 19.4 Å². The number of hydrogen-bond donors (Lipinski definition) is 1. The van der Waals surface area contributed by atoms with Crippen LogP contribution in [-0.2, 0) is 4.74 Å². The molecule has 0 aromatic carbocycles. The summed E-state index contributed by atoms with van der Waals surface area (Å²) in [4.78, 5) is 12.5. The molecule has 2 rings (SSSR count). The zero-order chi connectivity index (χ0) is 11.5. The summed E-state index contributed by atoms with van der Waals surface area (Å²) in [6.45, 7) is 2.78. The van der Waals surface area contributed by atoms with E-state index in [-0.39, 0.29) is 18.1 Å². The molecule has 1 fully saturated rings. The highest BCUT2D eigenvalue weighted by atomic mass is 35.5. The first kappa shape index (κ1) is 11.9. The number of nitrogens with one attached hydrogen (secondary N) is 1. The fraction of sp³-hybridized carbons (Fsp3) is 0.545. The largest absolute Gasteiger partial charge is 0.376 e. The minimum Gasteiger partial charge on any atom is -0.376 e. The second-order valence-corrected chi connectivity index (χ2v) is 5.63. The topological polar surface area (TPSA) is 38.3 Å². The maximum atomic E-state index is 11.8. The number of rotatable bonds is 3. The summed E-state index contributed by atoms with van der Waals surface area (Å²) in [5.41, 5.74) is 0. The molecule has 2 atom stereocenters. The molecule has 0 radical (unpaired) electrons. The molecule has 0 saturated carbocycles. The maximum absolute atomic E-state index is 11.8. The lowest BCUT2D eigenvalue weighted by molar-refractivity contribution is 0.0714.